The molecule has 0 N–H and O–H groups in total. The van der Waals surface area contributed by atoms with E-state index in [1.807, 2.05) is 0 Å². The van der Waals surface area contributed by atoms with Crippen molar-refractivity contribution in [2.45, 2.75) is 19.0 Å². The molecule has 0 saturated carbocycles. The molecule has 1 fully saturated rings. The fourth-order valence-electron chi connectivity index (χ4n) is 1.40. The Morgan fingerprint density at radius 2 is 1.85 bits per heavy atom. The Morgan fingerprint density at radius 1 is 1.23 bits per heavy atom. The predicted molar refractivity (Wildman–Crippen MR) is 41.1 cm³/mol. The number of hydrogen-bond donors (Lipinski definition) is 0. The second kappa shape index (κ2) is 2.66. The summed E-state index contributed by atoms with van der Waals surface area (Å²) >= 11 is -3.32. The minimum atomic E-state index is -4.66. The molecular formula is C6H4AsF5S. The van der Waals surface area contributed by atoms with E-state index in [4.69, 9.17) is 0 Å². The first-order valence-corrected chi connectivity index (χ1v) is 7.31. The van der Waals surface area contributed by atoms with Gasteiger partial charge >= 0.3 is 79.5 Å². The molecule has 0 nitrogen and oxygen atoms in total. The molecule has 2 bridgehead atoms. The summed E-state index contributed by atoms with van der Waals surface area (Å²) < 4.78 is 58.5. The molecule has 2 rings (SSSR count). The first-order valence-electron chi connectivity index (χ1n) is 3.41. The van der Waals surface area contributed by atoms with Gasteiger partial charge in [0.2, 0.25) is 0 Å². The van der Waals surface area contributed by atoms with Gasteiger partial charge in [0.05, 0.1) is 0 Å². The first-order chi connectivity index (χ1) is 5.83. The SMILES string of the molecule is FC(F)(F)[As]1C2C=CC(S2)C1(F)F. The average molecular weight is 278 g/mol. The number of fused-ring (bicyclic) bond motifs is 2. The second-order valence-corrected chi connectivity index (χ2v) is 9.84. The molecule has 0 aromatic heterocycles. The fraction of sp³-hybridized carbons (Fsp3) is 0.667. The normalized spacial score (nSPS) is 41.5. The van der Waals surface area contributed by atoms with E-state index in [-0.39, 0.29) is 0 Å². The van der Waals surface area contributed by atoms with Crippen molar-refractivity contribution in [3.63, 3.8) is 0 Å². The van der Waals surface area contributed by atoms with Crippen LogP contribution < -0.4 is 0 Å². The molecule has 2 heterocycles. The zero-order valence-electron chi connectivity index (χ0n) is 6.05. The van der Waals surface area contributed by atoms with Crippen LogP contribution in [0.4, 0.5) is 22.0 Å². The minimum absolute atomic E-state index is 0.757. The van der Waals surface area contributed by atoms with E-state index in [0.29, 0.717) is 0 Å². The van der Waals surface area contributed by atoms with Crippen LogP contribution >= 0.6 is 11.8 Å². The van der Waals surface area contributed by atoms with E-state index in [9.17, 15) is 22.0 Å². The summed E-state index contributed by atoms with van der Waals surface area (Å²) in [4.78, 5) is -4.66. The van der Waals surface area contributed by atoms with Gasteiger partial charge in [0.15, 0.2) is 0 Å². The fourth-order valence-corrected chi connectivity index (χ4v) is 9.62. The van der Waals surface area contributed by atoms with Crippen LogP contribution in [0.3, 0.4) is 0 Å². The molecule has 2 aliphatic heterocycles. The summed E-state index contributed by atoms with van der Waals surface area (Å²) in [6.45, 7) is 0. The Hall–Kier alpha value is 0.298. The van der Waals surface area contributed by atoms with E-state index in [2.05, 4.69) is 0 Å². The van der Waals surface area contributed by atoms with Gasteiger partial charge in [-0.05, 0) is 0 Å². The van der Waals surface area contributed by atoms with Crippen LogP contribution in [0, 0.1) is 0 Å². The van der Waals surface area contributed by atoms with Crippen molar-refractivity contribution in [1.82, 2.24) is 0 Å². The van der Waals surface area contributed by atoms with Crippen LogP contribution in [0.2, 0.25) is 0 Å². The van der Waals surface area contributed by atoms with Crippen LogP contribution in [0.1, 0.15) is 0 Å². The van der Waals surface area contributed by atoms with Crippen molar-refractivity contribution >= 4 is 26.4 Å². The Kier molecular flexibility index (Phi) is 2.01. The summed E-state index contributed by atoms with van der Waals surface area (Å²) in [5, 5.41) is -1.22. The standard InChI is InChI=1S/C6H4AsF5S/c8-5(9)3-1-2-4(13-3)7(5)6(10,11)12/h1-4H. The van der Waals surface area contributed by atoms with E-state index >= 15 is 0 Å². The molecule has 3 unspecified atom stereocenters. The summed E-state index contributed by atoms with van der Waals surface area (Å²) in [5.74, 6) is 0. The number of hydrogen-bond acceptors (Lipinski definition) is 1. The third-order valence-corrected chi connectivity index (χ3v) is 9.86. The molecule has 0 amide bonds. The van der Waals surface area contributed by atoms with Crippen molar-refractivity contribution in [3.8, 4) is 0 Å². The molecule has 1 saturated heterocycles. The Labute approximate surface area is 79.8 Å². The average Bonchev–Trinajstić information content (AvgIpc) is 2.38. The maximum atomic E-state index is 13.1. The van der Waals surface area contributed by atoms with Crippen LogP contribution in [0.5, 0.6) is 0 Å². The topological polar surface area (TPSA) is 0 Å². The third kappa shape index (κ3) is 1.33. The van der Waals surface area contributed by atoms with Crippen LogP contribution in [0.15, 0.2) is 12.2 Å². The van der Waals surface area contributed by atoms with Crippen LogP contribution in [-0.4, -0.2) is 33.6 Å². The summed E-state index contributed by atoms with van der Waals surface area (Å²) in [6, 6.07) is 0. The maximum absolute atomic E-state index is 13.1. The zero-order chi connectivity index (χ0) is 9.85. The van der Waals surface area contributed by atoms with Crippen molar-refractivity contribution in [2.75, 3.05) is 0 Å². The predicted octanol–water partition coefficient (Wildman–Crippen LogP) is 2.35. The third-order valence-electron chi connectivity index (χ3n) is 1.93. The molecule has 7 heteroatoms. The first kappa shape index (κ1) is 9.84. The molecular weight excluding hydrogens is 274 g/mol. The molecule has 13 heavy (non-hydrogen) atoms. The van der Waals surface area contributed by atoms with Gasteiger partial charge < -0.3 is 0 Å². The summed E-state index contributed by atoms with van der Waals surface area (Å²) in [5.41, 5.74) is 0. The van der Waals surface area contributed by atoms with Gasteiger partial charge in [-0.25, -0.2) is 0 Å². The van der Waals surface area contributed by atoms with Crippen LogP contribution in [0.25, 0.3) is 0 Å². The Balaban J connectivity index is 2.35. The Bertz CT molecular complexity index is 260. The number of alkyl halides is 5. The van der Waals surface area contributed by atoms with E-state index in [0.717, 1.165) is 11.8 Å². The van der Waals surface area contributed by atoms with Crippen molar-refractivity contribution < 1.29 is 22.0 Å². The van der Waals surface area contributed by atoms with Gasteiger partial charge in [0, 0.05) is 0 Å². The molecule has 3 atom stereocenters. The molecule has 0 aromatic carbocycles. The van der Waals surface area contributed by atoms with E-state index in [1.165, 1.54) is 12.2 Å². The van der Waals surface area contributed by atoms with Gasteiger partial charge in [0.1, 0.15) is 0 Å². The number of rotatable bonds is 0. The Morgan fingerprint density at radius 3 is 2.15 bits per heavy atom. The van der Waals surface area contributed by atoms with Gasteiger partial charge in [-0.15, -0.1) is 0 Å². The van der Waals surface area contributed by atoms with Gasteiger partial charge in [0.25, 0.3) is 0 Å². The molecule has 0 aromatic rings. The molecule has 74 valence electrons. The van der Waals surface area contributed by atoms with Gasteiger partial charge in [-0.2, -0.15) is 0 Å². The van der Waals surface area contributed by atoms with E-state index < -0.39 is 33.6 Å². The second-order valence-electron chi connectivity index (χ2n) is 2.76. The number of thioether (sulfide) groups is 1. The molecule has 0 aliphatic carbocycles. The number of halogens is 5. The summed E-state index contributed by atoms with van der Waals surface area (Å²) in [7, 11) is 0. The zero-order valence-corrected chi connectivity index (χ0v) is 8.75. The quantitative estimate of drug-likeness (QED) is 0.372. The van der Waals surface area contributed by atoms with Gasteiger partial charge in [-0.1, -0.05) is 0 Å². The van der Waals surface area contributed by atoms with Crippen molar-refractivity contribution in [1.29, 1.82) is 0 Å². The van der Waals surface area contributed by atoms with Crippen molar-refractivity contribution in [2.24, 2.45) is 0 Å². The summed E-state index contributed by atoms with van der Waals surface area (Å²) in [6.07, 6.45) is 2.49. The van der Waals surface area contributed by atoms with Crippen LogP contribution in [-0.2, 0) is 0 Å². The van der Waals surface area contributed by atoms with Crippen molar-refractivity contribution in [3.05, 3.63) is 12.2 Å². The molecule has 0 spiro atoms. The monoisotopic (exact) mass is 278 g/mol. The molecule has 2 aliphatic rings. The van der Waals surface area contributed by atoms with Gasteiger partial charge in [-0.3, -0.25) is 0 Å². The molecule has 0 radical (unpaired) electrons. The van der Waals surface area contributed by atoms with E-state index in [1.54, 1.807) is 0 Å².